The number of thioether (sulfide) groups is 1. The second kappa shape index (κ2) is 10.2. The van der Waals surface area contributed by atoms with Gasteiger partial charge in [-0.25, -0.2) is 10.2 Å². The third-order valence-corrected chi connectivity index (χ3v) is 6.59. The molecule has 0 bridgehead atoms. The van der Waals surface area contributed by atoms with Crippen molar-refractivity contribution in [3.05, 3.63) is 58.8 Å². The molecule has 35 heavy (non-hydrogen) atoms. The number of amides is 1. The summed E-state index contributed by atoms with van der Waals surface area (Å²) in [5.74, 6) is -0.179. The molecule has 0 aliphatic heterocycles. The molecule has 3 aromatic rings. The van der Waals surface area contributed by atoms with Gasteiger partial charge in [0, 0.05) is 33.2 Å². The van der Waals surface area contributed by atoms with Crippen molar-refractivity contribution in [1.82, 2.24) is 10.4 Å². The number of aromatic hydroxyl groups is 1. The largest absolute Gasteiger partial charge is 0.507 e. The van der Waals surface area contributed by atoms with Crippen LogP contribution in [0.25, 0.3) is 10.9 Å². The van der Waals surface area contributed by atoms with Crippen molar-refractivity contribution in [1.29, 1.82) is 0 Å². The second-order valence-corrected chi connectivity index (χ2v) is 11.5. The van der Waals surface area contributed by atoms with Gasteiger partial charge in [0.2, 0.25) is 5.91 Å². The molecule has 2 aromatic carbocycles. The monoisotopic (exact) mass is 495 g/mol. The first kappa shape index (κ1) is 26.3. The van der Waals surface area contributed by atoms with E-state index in [4.69, 9.17) is 4.74 Å². The van der Waals surface area contributed by atoms with Crippen LogP contribution in [0.2, 0.25) is 0 Å². The standard InChI is InChI=1S/C27H33N3O4S/c1-26(2,3)20-11-17(12-21(24(20)32)27(4,5)6)35-15-22(31)30-29-14-16-13-28-23-18(16)9-8-10-19(23)25(33)34-7/h8-14,28,32H,15H2,1-7H3,(H,30,31)/b29-14+. The fraction of sp³-hybridized carbons (Fsp3) is 0.370. The van der Waals surface area contributed by atoms with Gasteiger partial charge in [-0.2, -0.15) is 5.10 Å². The van der Waals surface area contributed by atoms with Crippen molar-refractivity contribution < 1.29 is 19.4 Å². The maximum absolute atomic E-state index is 12.5. The van der Waals surface area contributed by atoms with Crippen LogP contribution in [0.1, 0.15) is 68.6 Å². The Bertz CT molecular complexity index is 1240. The lowest BCUT2D eigenvalue weighted by atomic mass is 9.79. The number of para-hydroxylation sites is 1. The first-order valence-electron chi connectivity index (χ1n) is 11.3. The van der Waals surface area contributed by atoms with E-state index in [0.29, 0.717) is 16.8 Å². The number of nitrogens with one attached hydrogen (secondary N) is 2. The predicted molar refractivity (Wildman–Crippen MR) is 142 cm³/mol. The summed E-state index contributed by atoms with van der Waals surface area (Å²) in [6, 6.07) is 9.23. The van der Waals surface area contributed by atoms with E-state index in [1.807, 2.05) is 18.2 Å². The number of H-pyrrole nitrogens is 1. The molecular weight excluding hydrogens is 462 g/mol. The molecule has 0 aliphatic carbocycles. The smallest absolute Gasteiger partial charge is 0.339 e. The van der Waals surface area contributed by atoms with Crippen molar-refractivity contribution in [2.75, 3.05) is 12.9 Å². The summed E-state index contributed by atoms with van der Waals surface area (Å²) in [4.78, 5) is 28.4. The highest BCUT2D eigenvalue weighted by Gasteiger charge is 2.26. The van der Waals surface area contributed by atoms with Crippen LogP contribution in [0, 0.1) is 0 Å². The third kappa shape index (κ3) is 6.06. The van der Waals surface area contributed by atoms with Crippen LogP contribution in [-0.4, -0.2) is 41.0 Å². The number of carbonyl (C=O) groups is 2. The Balaban J connectivity index is 1.71. The van der Waals surface area contributed by atoms with Gasteiger partial charge >= 0.3 is 5.97 Å². The van der Waals surface area contributed by atoms with Crippen LogP contribution < -0.4 is 5.43 Å². The van der Waals surface area contributed by atoms with E-state index in [0.717, 1.165) is 27.0 Å². The summed E-state index contributed by atoms with van der Waals surface area (Å²) in [5, 5.41) is 15.8. The number of phenols is 1. The van der Waals surface area contributed by atoms with Gasteiger partial charge in [-0.15, -0.1) is 11.8 Å². The molecule has 3 N–H and O–H groups in total. The quantitative estimate of drug-likeness (QED) is 0.181. The number of hydrazone groups is 1. The van der Waals surface area contributed by atoms with E-state index in [2.05, 4.69) is 57.1 Å². The molecule has 0 spiro atoms. The van der Waals surface area contributed by atoms with E-state index in [-0.39, 0.29) is 22.5 Å². The highest BCUT2D eigenvalue weighted by molar-refractivity contribution is 8.00. The van der Waals surface area contributed by atoms with Crippen LogP contribution in [0.4, 0.5) is 0 Å². The van der Waals surface area contributed by atoms with E-state index in [9.17, 15) is 14.7 Å². The fourth-order valence-corrected chi connectivity index (χ4v) is 4.52. The highest BCUT2D eigenvalue weighted by Crippen LogP contribution is 2.41. The summed E-state index contributed by atoms with van der Waals surface area (Å²) in [7, 11) is 1.34. The first-order chi connectivity index (χ1) is 16.3. The number of hydrogen-bond acceptors (Lipinski definition) is 6. The van der Waals surface area contributed by atoms with Gasteiger partial charge in [0.15, 0.2) is 0 Å². The van der Waals surface area contributed by atoms with Gasteiger partial charge in [-0.05, 0) is 29.0 Å². The van der Waals surface area contributed by atoms with E-state index in [1.54, 1.807) is 24.5 Å². The molecule has 0 fully saturated rings. The normalized spacial score (nSPS) is 12.3. The number of carbonyl (C=O) groups excluding carboxylic acids is 2. The Morgan fingerprint density at radius 2 is 1.74 bits per heavy atom. The van der Waals surface area contributed by atoms with Crippen molar-refractivity contribution in [3.63, 3.8) is 0 Å². The lowest BCUT2D eigenvalue weighted by Gasteiger charge is -2.28. The zero-order chi connectivity index (χ0) is 26.0. The van der Waals surface area contributed by atoms with Gasteiger partial charge in [-0.1, -0.05) is 53.7 Å². The number of nitrogens with zero attached hydrogens (tertiary/aromatic N) is 1. The fourth-order valence-electron chi connectivity index (χ4n) is 3.75. The molecule has 186 valence electrons. The van der Waals surface area contributed by atoms with Crippen molar-refractivity contribution in [3.8, 4) is 5.75 Å². The Kier molecular flexibility index (Phi) is 7.65. The molecule has 0 radical (unpaired) electrons. The molecule has 7 nitrogen and oxygen atoms in total. The SMILES string of the molecule is COC(=O)c1cccc2c(/C=N/NC(=O)CSc3cc(C(C)(C)C)c(O)c(C(C)(C)C)c3)c[nH]c12. The minimum absolute atomic E-state index is 0.176. The molecule has 1 aromatic heterocycles. The number of esters is 1. The maximum Gasteiger partial charge on any atom is 0.339 e. The summed E-state index contributed by atoms with van der Waals surface area (Å²) in [6.45, 7) is 12.4. The molecule has 3 rings (SSSR count). The first-order valence-corrected chi connectivity index (χ1v) is 12.3. The second-order valence-electron chi connectivity index (χ2n) is 10.4. The lowest BCUT2D eigenvalue weighted by Crippen LogP contribution is -2.20. The lowest BCUT2D eigenvalue weighted by molar-refractivity contribution is -0.118. The summed E-state index contributed by atoms with van der Waals surface area (Å²) < 4.78 is 4.82. The summed E-state index contributed by atoms with van der Waals surface area (Å²) in [5.41, 5.74) is 5.63. The molecule has 0 saturated carbocycles. The maximum atomic E-state index is 12.5. The minimum Gasteiger partial charge on any atom is -0.507 e. The molecule has 0 unspecified atom stereocenters. The topological polar surface area (TPSA) is 104 Å². The average Bonchev–Trinajstić information content (AvgIpc) is 3.19. The zero-order valence-electron chi connectivity index (χ0n) is 21.3. The minimum atomic E-state index is -0.426. The highest BCUT2D eigenvalue weighted by atomic mass is 32.2. The van der Waals surface area contributed by atoms with Gasteiger partial charge in [0.1, 0.15) is 5.75 Å². The Hall–Kier alpha value is -3.26. The molecule has 1 amide bonds. The number of rotatable bonds is 6. The Morgan fingerprint density at radius 1 is 1.11 bits per heavy atom. The number of phenolic OH excluding ortho intramolecular Hbond substituents is 1. The van der Waals surface area contributed by atoms with Crippen molar-refractivity contribution in [2.45, 2.75) is 57.3 Å². The predicted octanol–water partition coefficient (Wildman–Crippen LogP) is 5.50. The Morgan fingerprint density at radius 3 is 2.31 bits per heavy atom. The van der Waals surface area contributed by atoms with Gasteiger partial charge in [-0.3, -0.25) is 4.79 Å². The number of fused-ring (bicyclic) bond motifs is 1. The molecule has 0 aliphatic rings. The van der Waals surface area contributed by atoms with Gasteiger partial charge < -0.3 is 14.8 Å². The number of aromatic nitrogens is 1. The average molecular weight is 496 g/mol. The van der Waals surface area contributed by atoms with Gasteiger partial charge in [0.05, 0.1) is 30.2 Å². The molecule has 8 heteroatoms. The van der Waals surface area contributed by atoms with E-state index < -0.39 is 5.97 Å². The number of benzene rings is 2. The zero-order valence-corrected chi connectivity index (χ0v) is 22.1. The van der Waals surface area contributed by atoms with Crippen LogP contribution in [0.3, 0.4) is 0 Å². The summed E-state index contributed by atoms with van der Waals surface area (Å²) in [6.07, 6.45) is 3.26. The number of aromatic amines is 1. The van der Waals surface area contributed by atoms with Crippen LogP contribution >= 0.6 is 11.8 Å². The van der Waals surface area contributed by atoms with Crippen LogP contribution in [-0.2, 0) is 20.4 Å². The van der Waals surface area contributed by atoms with Crippen molar-refractivity contribution >= 4 is 40.8 Å². The number of hydrogen-bond donors (Lipinski definition) is 3. The third-order valence-electron chi connectivity index (χ3n) is 5.62. The molecule has 1 heterocycles. The summed E-state index contributed by atoms with van der Waals surface area (Å²) >= 11 is 1.40. The molecule has 0 saturated heterocycles. The van der Waals surface area contributed by atoms with Crippen molar-refractivity contribution in [2.24, 2.45) is 5.10 Å². The van der Waals surface area contributed by atoms with E-state index >= 15 is 0 Å². The number of ether oxygens (including phenoxy) is 1. The van der Waals surface area contributed by atoms with Crippen LogP contribution in [0.5, 0.6) is 5.75 Å². The molecule has 0 atom stereocenters. The molecular formula is C27H33N3O4S. The van der Waals surface area contributed by atoms with Crippen LogP contribution in [0.15, 0.2) is 46.5 Å². The number of methoxy groups -OCH3 is 1. The van der Waals surface area contributed by atoms with Gasteiger partial charge in [0.25, 0.3) is 0 Å². The Labute approximate surface area is 210 Å². The van der Waals surface area contributed by atoms with E-state index in [1.165, 1.54) is 18.9 Å².